The van der Waals surface area contributed by atoms with Gasteiger partial charge < -0.3 is 15.0 Å². The average Bonchev–Trinajstić information content (AvgIpc) is 2.50. The molecule has 2 rings (SSSR count). The number of aryl methyl sites for hydroxylation is 2. The Morgan fingerprint density at radius 3 is 2.61 bits per heavy atom. The second-order valence-corrected chi connectivity index (χ2v) is 6.44. The summed E-state index contributed by atoms with van der Waals surface area (Å²) in [6.45, 7) is 5.65. The summed E-state index contributed by atoms with van der Waals surface area (Å²) in [5.41, 5.74) is 2.51. The molecule has 0 radical (unpaired) electrons. The van der Waals surface area contributed by atoms with Crippen molar-refractivity contribution in [2.24, 2.45) is 0 Å². The summed E-state index contributed by atoms with van der Waals surface area (Å²) < 4.78 is 4.96. The number of para-hydroxylation sites is 1. The topological polar surface area (TPSA) is 84.1 Å². The Morgan fingerprint density at radius 1 is 1.35 bits per heavy atom. The van der Waals surface area contributed by atoms with Gasteiger partial charge in [0.1, 0.15) is 0 Å². The van der Waals surface area contributed by atoms with Gasteiger partial charge in [-0.1, -0.05) is 30.0 Å². The second-order valence-electron chi connectivity index (χ2n) is 5.11. The number of benzene rings is 1. The molecule has 0 bridgehead atoms. The van der Waals surface area contributed by atoms with Crippen LogP contribution in [0, 0.1) is 13.8 Å². The predicted octanol–water partition coefficient (Wildman–Crippen LogP) is 2.51. The Labute approximate surface area is 138 Å². The van der Waals surface area contributed by atoms with Gasteiger partial charge in [0.05, 0.1) is 18.4 Å². The van der Waals surface area contributed by atoms with Gasteiger partial charge in [0, 0.05) is 5.69 Å². The number of nitrogens with one attached hydrogen (secondary N) is 2. The van der Waals surface area contributed by atoms with Crippen molar-refractivity contribution in [3.63, 3.8) is 0 Å². The lowest BCUT2D eigenvalue weighted by Gasteiger charge is -2.15. The van der Waals surface area contributed by atoms with Crippen LogP contribution in [-0.4, -0.2) is 28.2 Å². The molecule has 0 saturated heterocycles. The average molecular weight is 333 g/mol. The smallest absolute Gasteiger partial charge is 0.255 e. The van der Waals surface area contributed by atoms with Gasteiger partial charge in [-0.15, -0.1) is 0 Å². The van der Waals surface area contributed by atoms with Gasteiger partial charge >= 0.3 is 0 Å². The zero-order valence-electron chi connectivity index (χ0n) is 13.5. The van der Waals surface area contributed by atoms with E-state index in [0.29, 0.717) is 5.16 Å². The van der Waals surface area contributed by atoms with Crippen LogP contribution in [0.5, 0.6) is 5.88 Å². The molecular weight excluding hydrogens is 314 g/mol. The summed E-state index contributed by atoms with van der Waals surface area (Å²) in [5.74, 6) is 0.0662. The fourth-order valence-electron chi connectivity index (χ4n) is 2.03. The van der Waals surface area contributed by atoms with Crippen molar-refractivity contribution < 1.29 is 9.53 Å². The van der Waals surface area contributed by atoms with E-state index in [1.54, 1.807) is 6.92 Å². The highest BCUT2D eigenvalue weighted by Gasteiger charge is 2.18. The first-order valence-corrected chi connectivity index (χ1v) is 7.97. The molecule has 1 heterocycles. The molecule has 0 spiro atoms. The third-order valence-corrected chi connectivity index (χ3v) is 4.28. The van der Waals surface area contributed by atoms with Crippen molar-refractivity contribution in [3.8, 4) is 5.88 Å². The lowest BCUT2D eigenvalue weighted by Crippen LogP contribution is -2.24. The van der Waals surface area contributed by atoms with Gasteiger partial charge in [0.25, 0.3) is 5.56 Å². The Balaban J connectivity index is 2.11. The molecule has 1 atom stereocenters. The maximum absolute atomic E-state index is 12.4. The largest absolute Gasteiger partial charge is 0.481 e. The van der Waals surface area contributed by atoms with Crippen LogP contribution >= 0.6 is 11.8 Å². The first-order valence-electron chi connectivity index (χ1n) is 7.10. The van der Waals surface area contributed by atoms with Gasteiger partial charge in [0.2, 0.25) is 11.8 Å². The molecule has 23 heavy (non-hydrogen) atoms. The van der Waals surface area contributed by atoms with Gasteiger partial charge in [-0.25, -0.2) is 0 Å². The lowest BCUT2D eigenvalue weighted by atomic mass is 10.1. The molecule has 7 heteroatoms. The SMILES string of the molecule is COc1cc(=O)[nH]c(S[C@H](C)C(=O)Nc2c(C)cccc2C)n1. The molecule has 0 fully saturated rings. The third-order valence-electron chi connectivity index (χ3n) is 3.29. The van der Waals surface area contributed by atoms with Crippen molar-refractivity contribution in [1.82, 2.24) is 9.97 Å². The van der Waals surface area contributed by atoms with Crippen LogP contribution in [0.1, 0.15) is 18.1 Å². The Bertz CT molecular complexity index is 753. The van der Waals surface area contributed by atoms with Crippen LogP contribution in [0.4, 0.5) is 5.69 Å². The van der Waals surface area contributed by atoms with Gasteiger partial charge in [0.15, 0.2) is 5.16 Å². The number of thioether (sulfide) groups is 1. The summed E-state index contributed by atoms with van der Waals surface area (Å²) in [7, 11) is 1.44. The van der Waals surface area contributed by atoms with Gasteiger partial charge in [-0.3, -0.25) is 9.59 Å². The third kappa shape index (κ3) is 4.35. The number of rotatable bonds is 5. The summed E-state index contributed by atoms with van der Waals surface area (Å²) in [6.07, 6.45) is 0. The van der Waals surface area contributed by atoms with E-state index in [4.69, 9.17) is 4.74 Å². The predicted molar refractivity (Wildman–Crippen MR) is 91.3 cm³/mol. The summed E-state index contributed by atoms with van der Waals surface area (Å²) >= 11 is 1.17. The molecule has 2 N–H and O–H groups in total. The standard InChI is InChI=1S/C16H19N3O3S/c1-9-6-5-7-10(2)14(9)19-15(21)11(3)23-16-17-12(20)8-13(18-16)22-4/h5-8,11H,1-4H3,(H,19,21)(H,17,18,20)/t11-/m1/s1. The molecule has 6 nitrogen and oxygen atoms in total. The molecule has 2 aromatic rings. The minimum Gasteiger partial charge on any atom is -0.481 e. The lowest BCUT2D eigenvalue weighted by molar-refractivity contribution is -0.115. The quantitative estimate of drug-likeness (QED) is 0.649. The van der Waals surface area contributed by atoms with Crippen LogP contribution in [0.25, 0.3) is 0 Å². The highest BCUT2D eigenvalue weighted by molar-refractivity contribution is 8.00. The van der Waals surface area contributed by atoms with E-state index in [0.717, 1.165) is 16.8 Å². The van der Waals surface area contributed by atoms with Crippen LogP contribution in [0.3, 0.4) is 0 Å². The number of carbonyl (C=O) groups is 1. The zero-order valence-corrected chi connectivity index (χ0v) is 14.3. The minimum atomic E-state index is -0.427. The van der Waals surface area contributed by atoms with E-state index in [-0.39, 0.29) is 17.3 Å². The normalized spacial score (nSPS) is 11.8. The fourth-order valence-corrected chi connectivity index (χ4v) is 2.83. The van der Waals surface area contributed by atoms with Crippen molar-refractivity contribution in [2.75, 3.05) is 12.4 Å². The Hall–Kier alpha value is -2.28. The number of aromatic amines is 1. The number of ether oxygens (including phenoxy) is 1. The van der Waals surface area contributed by atoms with Crippen molar-refractivity contribution in [2.45, 2.75) is 31.2 Å². The number of aromatic nitrogens is 2. The molecule has 122 valence electrons. The molecule has 0 aliphatic rings. The van der Waals surface area contributed by atoms with Gasteiger partial charge in [-0.05, 0) is 31.9 Å². The number of carbonyl (C=O) groups excluding carboxylic acids is 1. The summed E-state index contributed by atoms with van der Waals surface area (Å²) in [6, 6.07) is 7.10. The first-order chi connectivity index (χ1) is 10.9. The number of nitrogens with zero attached hydrogens (tertiary/aromatic N) is 1. The van der Waals surface area contributed by atoms with E-state index in [1.807, 2.05) is 32.0 Å². The maximum Gasteiger partial charge on any atom is 0.255 e. The molecule has 0 aliphatic carbocycles. The van der Waals surface area contributed by atoms with E-state index >= 15 is 0 Å². The highest BCUT2D eigenvalue weighted by Crippen LogP contribution is 2.24. The molecular formula is C16H19N3O3S. The van der Waals surface area contributed by atoms with E-state index < -0.39 is 5.25 Å². The van der Waals surface area contributed by atoms with Gasteiger partial charge in [-0.2, -0.15) is 4.98 Å². The number of anilines is 1. The van der Waals surface area contributed by atoms with Crippen LogP contribution in [0.2, 0.25) is 0 Å². The zero-order chi connectivity index (χ0) is 17.0. The number of hydrogen-bond donors (Lipinski definition) is 2. The fraction of sp³-hybridized carbons (Fsp3) is 0.312. The molecule has 1 aromatic carbocycles. The number of amides is 1. The number of methoxy groups -OCH3 is 1. The van der Waals surface area contributed by atoms with Crippen LogP contribution in [-0.2, 0) is 4.79 Å². The van der Waals surface area contributed by atoms with E-state index in [1.165, 1.54) is 24.9 Å². The molecule has 0 saturated carbocycles. The van der Waals surface area contributed by atoms with Crippen molar-refractivity contribution in [3.05, 3.63) is 45.7 Å². The van der Waals surface area contributed by atoms with Crippen LogP contribution < -0.4 is 15.6 Å². The molecule has 1 amide bonds. The monoisotopic (exact) mass is 333 g/mol. The highest BCUT2D eigenvalue weighted by atomic mass is 32.2. The van der Waals surface area contributed by atoms with Crippen molar-refractivity contribution in [1.29, 1.82) is 0 Å². The maximum atomic E-state index is 12.4. The number of H-pyrrole nitrogens is 1. The second kappa shape index (κ2) is 7.32. The Kier molecular flexibility index (Phi) is 5.44. The summed E-state index contributed by atoms with van der Waals surface area (Å²) in [5, 5.41) is 2.85. The minimum absolute atomic E-state index is 0.155. The van der Waals surface area contributed by atoms with E-state index in [2.05, 4.69) is 15.3 Å². The molecule has 0 unspecified atom stereocenters. The van der Waals surface area contributed by atoms with E-state index in [9.17, 15) is 9.59 Å². The first kappa shape index (κ1) is 17.1. The number of hydrogen-bond acceptors (Lipinski definition) is 5. The molecule has 1 aromatic heterocycles. The van der Waals surface area contributed by atoms with Crippen molar-refractivity contribution >= 4 is 23.4 Å². The van der Waals surface area contributed by atoms with Crippen LogP contribution in [0.15, 0.2) is 34.2 Å². The Morgan fingerprint density at radius 2 is 2.00 bits per heavy atom. The molecule has 0 aliphatic heterocycles. The summed E-state index contributed by atoms with van der Waals surface area (Å²) in [4.78, 5) is 30.6.